The van der Waals surface area contributed by atoms with Crippen LogP contribution in [0.4, 0.5) is 0 Å². The lowest BCUT2D eigenvalue weighted by atomic mass is 10.1. The SMILES string of the molecule is CCOc1cc(C(=O)NN=C(CC)c2ccc(C)cc2)cc(OCC)c1OCC. The molecule has 0 spiro atoms. The normalized spacial score (nSPS) is 11.1. The van der Waals surface area contributed by atoms with Gasteiger partial charge in [0.05, 0.1) is 25.5 Å². The van der Waals surface area contributed by atoms with Gasteiger partial charge in [0.25, 0.3) is 5.91 Å². The van der Waals surface area contributed by atoms with E-state index in [4.69, 9.17) is 14.2 Å². The van der Waals surface area contributed by atoms with Gasteiger partial charge >= 0.3 is 0 Å². The van der Waals surface area contributed by atoms with Crippen LogP contribution in [0, 0.1) is 6.92 Å². The van der Waals surface area contributed by atoms with Crippen LogP contribution in [0.25, 0.3) is 0 Å². The summed E-state index contributed by atoms with van der Waals surface area (Å²) in [5.74, 6) is 1.12. The molecule has 0 aliphatic carbocycles. The molecule has 1 amide bonds. The molecule has 1 N–H and O–H groups in total. The van der Waals surface area contributed by atoms with E-state index >= 15 is 0 Å². The predicted molar refractivity (Wildman–Crippen MR) is 115 cm³/mol. The second-order valence-electron chi connectivity index (χ2n) is 6.32. The maximum Gasteiger partial charge on any atom is 0.271 e. The quantitative estimate of drug-likeness (QED) is 0.464. The van der Waals surface area contributed by atoms with Crippen LogP contribution in [0.3, 0.4) is 0 Å². The molecule has 0 aromatic heterocycles. The molecule has 0 saturated heterocycles. The van der Waals surface area contributed by atoms with Crippen molar-refractivity contribution in [3.8, 4) is 17.2 Å². The Kier molecular flexibility index (Phi) is 8.52. The number of nitrogens with zero attached hydrogens (tertiary/aromatic N) is 1. The van der Waals surface area contributed by atoms with Crippen LogP contribution < -0.4 is 19.6 Å². The number of ether oxygens (including phenoxy) is 3. The van der Waals surface area contributed by atoms with Crippen molar-refractivity contribution in [1.82, 2.24) is 5.43 Å². The van der Waals surface area contributed by atoms with Gasteiger partial charge in [-0.15, -0.1) is 0 Å². The molecule has 0 aliphatic heterocycles. The van der Waals surface area contributed by atoms with Crippen molar-refractivity contribution in [1.29, 1.82) is 0 Å². The number of hydrazone groups is 1. The minimum Gasteiger partial charge on any atom is -0.490 e. The molecule has 2 rings (SSSR count). The second kappa shape index (κ2) is 11.1. The fourth-order valence-corrected chi connectivity index (χ4v) is 2.80. The Labute approximate surface area is 172 Å². The highest BCUT2D eigenvalue weighted by molar-refractivity contribution is 6.02. The first kappa shape index (κ1) is 22.3. The van der Waals surface area contributed by atoms with Gasteiger partial charge in [-0.1, -0.05) is 36.8 Å². The Bertz CT molecular complexity index is 817. The van der Waals surface area contributed by atoms with Gasteiger partial charge in [0, 0.05) is 5.56 Å². The highest BCUT2D eigenvalue weighted by atomic mass is 16.5. The molecule has 0 atom stereocenters. The van der Waals surface area contributed by atoms with Crippen LogP contribution in [0.1, 0.15) is 55.6 Å². The third-order valence-electron chi connectivity index (χ3n) is 4.18. The summed E-state index contributed by atoms with van der Waals surface area (Å²) in [6, 6.07) is 11.4. The van der Waals surface area contributed by atoms with Crippen LogP contribution >= 0.6 is 0 Å². The average Bonchev–Trinajstić information content (AvgIpc) is 2.72. The van der Waals surface area contributed by atoms with E-state index in [-0.39, 0.29) is 5.91 Å². The van der Waals surface area contributed by atoms with Gasteiger partial charge in [0.1, 0.15) is 0 Å². The minimum absolute atomic E-state index is 0.340. The third kappa shape index (κ3) is 5.98. The number of hydrogen-bond donors (Lipinski definition) is 1. The van der Waals surface area contributed by atoms with Crippen molar-refractivity contribution in [2.45, 2.75) is 41.0 Å². The van der Waals surface area contributed by atoms with Gasteiger partial charge in [-0.3, -0.25) is 4.79 Å². The molecular formula is C23H30N2O4. The highest BCUT2D eigenvalue weighted by Crippen LogP contribution is 2.39. The van der Waals surface area contributed by atoms with E-state index in [0.717, 1.165) is 11.3 Å². The summed E-state index contributed by atoms with van der Waals surface area (Å²) in [4.78, 5) is 12.8. The van der Waals surface area contributed by atoms with E-state index in [1.54, 1.807) is 12.1 Å². The van der Waals surface area contributed by atoms with Gasteiger partial charge < -0.3 is 14.2 Å². The number of carbonyl (C=O) groups excluding carboxylic acids is 1. The van der Waals surface area contributed by atoms with E-state index < -0.39 is 0 Å². The van der Waals surface area contributed by atoms with Gasteiger partial charge in [0.2, 0.25) is 5.75 Å². The van der Waals surface area contributed by atoms with Gasteiger partial charge in [-0.25, -0.2) is 5.43 Å². The number of amides is 1. The van der Waals surface area contributed by atoms with Crippen LogP contribution in [0.15, 0.2) is 41.5 Å². The number of hydrogen-bond acceptors (Lipinski definition) is 5. The molecule has 0 aliphatic rings. The van der Waals surface area contributed by atoms with Crippen LogP contribution in [-0.2, 0) is 0 Å². The molecule has 0 saturated carbocycles. The third-order valence-corrected chi connectivity index (χ3v) is 4.18. The lowest BCUT2D eigenvalue weighted by molar-refractivity contribution is 0.0953. The topological polar surface area (TPSA) is 69.2 Å². The van der Waals surface area contributed by atoms with E-state index in [1.165, 1.54) is 5.56 Å². The zero-order chi connectivity index (χ0) is 21.2. The maximum absolute atomic E-state index is 12.8. The fraction of sp³-hybridized carbons (Fsp3) is 0.391. The molecule has 0 heterocycles. The lowest BCUT2D eigenvalue weighted by Crippen LogP contribution is -2.20. The van der Waals surface area contributed by atoms with E-state index in [2.05, 4.69) is 10.5 Å². The highest BCUT2D eigenvalue weighted by Gasteiger charge is 2.18. The van der Waals surface area contributed by atoms with E-state index in [1.807, 2.05) is 58.9 Å². The van der Waals surface area contributed by atoms with Crippen molar-refractivity contribution < 1.29 is 19.0 Å². The second-order valence-corrected chi connectivity index (χ2v) is 6.32. The Morgan fingerprint density at radius 2 is 1.41 bits per heavy atom. The number of benzene rings is 2. The Morgan fingerprint density at radius 3 is 1.90 bits per heavy atom. The van der Waals surface area contributed by atoms with E-state index in [0.29, 0.717) is 49.1 Å². The molecule has 0 unspecified atom stereocenters. The monoisotopic (exact) mass is 398 g/mol. The van der Waals surface area contributed by atoms with Gasteiger partial charge in [-0.2, -0.15) is 5.10 Å². The predicted octanol–water partition coefficient (Wildman–Crippen LogP) is 4.74. The maximum atomic E-state index is 12.8. The van der Waals surface area contributed by atoms with Gasteiger partial charge in [-0.05, 0) is 51.8 Å². The van der Waals surface area contributed by atoms with Crippen LogP contribution in [-0.4, -0.2) is 31.4 Å². The zero-order valence-electron chi connectivity index (χ0n) is 17.9. The molecule has 29 heavy (non-hydrogen) atoms. The summed E-state index contributed by atoms with van der Waals surface area (Å²) in [7, 11) is 0. The van der Waals surface area contributed by atoms with Gasteiger partial charge in [0.15, 0.2) is 11.5 Å². The van der Waals surface area contributed by atoms with Crippen molar-refractivity contribution in [3.05, 3.63) is 53.1 Å². The number of nitrogens with one attached hydrogen (secondary N) is 1. The minimum atomic E-state index is -0.340. The van der Waals surface area contributed by atoms with Crippen molar-refractivity contribution >= 4 is 11.6 Å². The average molecular weight is 399 g/mol. The fourth-order valence-electron chi connectivity index (χ4n) is 2.80. The lowest BCUT2D eigenvalue weighted by Gasteiger charge is -2.16. The molecule has 6 nitrogen and oxygen atoms in total. The Balaban J connectivity index is 2.31. The molecule has 0 radical (unpaired) electrons. The van der Waals surface area contributed by atoms with E-state index in [9.17, 15) is 4.79 Å². The summed E-state index contributed by atoms with van der Waals surface area (Å²) in [5.41, 5.74) is 6.00. The molecule has 6 heteroatoms. The van der Waals surface area contributed by atoms with Crippen LogP contribution in [0.2, 0.25) is 0 Å². The first-order chi connectivity index (χ1) is 14.0. The number of aryl methyl sites for hydroxylation is 1. The Hall–Kier alpha value is -3.02. The largest absolute Gasteiger partial charge is 0.490 e. The van der Waals surface area contributed by atoms with Crippen molar-refractivity contribution in [2.24, 2.45) is 5.10 Å². The standard InChI is InChI=1S/C23H30N2O4/c1-6-19(17-12-10-16(5)11-13-17)24-25-23(26)18-14-20(27-7-2)22(29-9-4)21(15-18)28-8-3/h10-15H,6-9H2,1-5H3,(H,25,26). The number of rotatable bonds is 10. The summed E-state index contributed by atoms with van der Waals surface area (Å²) < 4.78 is 17.0. The summed E-state index contributed by atoms with van der Waals surface area (Å²) in [5, 5.41) is 4.33. The molecule has 2 aromatic carbocycles. The molecule has 0 fully saturated rings. The molecular weight excluding hydrogens is 368 g/mol. The summed E-state index contributed by atoms with van der Waals surface area (Å²) in [6.07, 6.45) is 0.695. The van der Waals surface area contributed by atoms with Crippen LogP contribution in [0.5, 0.6) is 17.2 Å². The van der Waals surface area contributed by atoms with Crippen molar-refractivity contribution in [3.63, 3.8) is 0 Å². The first-order valence-corrected chi connectivity index (χ1v) is 10.0. The zero-order valence-corrected chi connectivity index (χ0v) is 17.9. The molecule has 2 aromatic rings. The summed E-state index contributed by atoms with van der Waals surface area (Å²) >= 11 is 0. The Morgan fingerprint density at radius 1 is 0.862 bits per heavy atom. The molecule has 0 bridgehead atoms. The molecule has 156 valence electrons. The van der Waals surface area contributed by atoms with Crippen molar-refractivity contribution in [2.75, 3.05) is 19.8 Å². The first-order valence-electron chi connectivity index (χ1n) is 10.0. The number of carbonyl (C=O) groups is 1. The smallest absolute Gasteiger partial charge is 0.271 e. The summed E-state index contributed by atoms with van der Waals surface area (Å²) in [6.45, 7) is 11.0.